The summed E-state index contributed by atoms with van der Waals surface area (Å²) in [5, 5.41) is 13.5. The van der Waals surface area contributed by atoms with E-state index >= 15 is 0 Å². The average molecular weight is 415 g/mol. The van der Waals surface area contributed by atoms with Crippen LogP contribution in [0.15, 0.2) is 50.7 Å². The van der Waals surface area contributed by atoms with Crippen molar-refractivity contribution < 1.29 is 13.6 Å². The molecule has 0 spiro atoms. The highest BCUT2D eigenvalue weighted by atomic mass is 79.9. The van der Waals surface area contributed by atoms with Crippen molar-refractivity contribution in [2.24, 2.45) is 0 Å². The van der Waals surface area contributed by atoms with Gasteiger partial charge in [-0.15, -0.1) is 11.3 Å². The Kier molecular flexibility index (Phi) is 6.33. The number of hydrogen-bond donors (Lipinski definition) is 1. The highest BCUT2D eigenvalue weighted by molar-refractivity contribution is 9.10. The van der Waals surface area contributed by atoms with Crippen molar-refractivity contribution in [3.05, 3.63) is 50.6 Å². The highest BCUT2D eigenvalue weighted by Crippen LogP contribution is 2.26. The van der Waals surface area contributed by atoms with Crippen LogP contribution in [-0.2, 0) is 4.79 Å². The van der Waals surface area contributed by atoms with Gasteiger partial charge in [-0.2, -0.15) is 14.0 Å². The molecule has 118 valence electrons. The fourth-order valence-corrected chi connectivity index (χ4v) is 3.49. The Bertz CT molecular complexity index is 767. The van der Waals surface area contributed by atoms with E-state index in [0.29, 0.717) is 22.3 Å². The number of benzene rings is 1. The van der Waals surface area contributed by atoms with E-state index in [0.717, 1.165) is 9.35 Å². The smallest absolute Gasteiger partial charge is 0.288 e. The molecule has 0 fully saturated rings. The number of halogens is 3. The number of rotatable bonds is 5. The van der Waals surface area contributed by atoms with Crippen molar-refractivity contribution in [1.29, 1.82) is 5.26 Å². The van der Waals surface area contributed by atoms with Crippen LogP contribution in [0.4, 0.5) is 14.5 Å². The van der Waals surface area contributed by atoms with Gasteiger partial charge in [0.1, 0.15) is 11.6 Å². The van der Waals surface area contributed by atoms with Gasteiger partial charge in [0.25, 0.3) is 11.7 Å². The molecule has 0 unspecified atom stereocenters. The van der Waals surface area contributed by atoms with Gasteiger partial charge >= 0.3 is 0 Å². The van der Waals surface area contributed by atoms with E-state index in [2.05, 4.69) is 21.2 Å². The lowest BCUT2D eigenvalue weighted by molar-refractivity contribution is -0.112. The molecule has 3 nitrogen and oxygen atoms in total. The number of thiophene rings is 1. The molecule has 0 saturated heterocycles. The summed E-state index contributed by atoms with van der Waals surface area (Å²) in [5.74, 6) is -3.04. The van der Waals surface area contributed by atoms with Crippen molar-refractivity contribution in [3.63, 3.8) is 0 Å². The van der Waals surface area contributed by atoms with E-state index in [-0.39, 0.29) is 5.57 Å². The van der Waals surface area contributed by atoms with Crippen molar-refractivity contribution in [1.82, 2.24) is 0 Å². The van der Waals surface area contributed by atoms with E-state index in [1.165, 1.54) is 41.7 Å². The zero-order chi connectivity index (χ0) is 16.8. The quantitative estimate of drug-likeness (QED) is 0.406. The summed E-state index contributed by atoms with van der Waals surface area (Å²) in [5.41, 5.74) is 0.396. The van der Waals surface area contributed by atoms with Gasteiger partial charge in [0.05, 0.1) is 0 Å². The first-order valence-corrected chi connectivity index (χ1v) is 8.75. The zero-order valence-electron chi connectivity index (χ0n) is 11.4. The molecule has 0 radical (unpaired) electrons. The lowest BCUT2D eigenvalue weighted by Gasteiger charge is -2.05. The third-order valence-electron chi connectivity index (χ3n) is 2.58. The van der Waals surface area contributed by atoms with Gasteiger partial charge in [-0.05, 0) is 52.3 Å². The van der Waals surface area contributed by atoms with Crippen LogP contribution in [0.25, 0.3) is 6.08 Å². The fraction of sp³-hybridized carbons (Fsp3) is 0.0667. The number of carbonyl (C=O) groups is 1. The number of nitrogens with one attached hydrogen (secondary N) is 1. The van der Waals surface area contributed by atoms with Crippen LogP contribution >= 0.6 is 39.0 Å². The van der Waals surface area contributed by atoms with Crippen LogP contribution in [0.5, 0.6) is 0 Å². The third-order valence-corrected chi connectivity index (χ3v) is 4.94. The average Bonchev–Trinajstić information content (AvgIpc) is 2.91. The van der Waals surface area contributed by atoms with Crippen LogP contribution in [0.1, 0.15) is 4.88 Å². The molecule has 1 N–H and O–H groups in total. The first-order chi connectivity index (χ1) is 11.0. The lowest BCUT2D eigenvalue weighted by atomic mass is 10.2. The predicted octanol–water partition coefficient (Wildman–Crippen LogP) is 5.37. The van der Waals surface area contributed by atoms with Crippen molar-refractivity contribution in [3.8, 4) is 6.07 Å². The maximum Gasteiger partial charge on any atom is 0.288 e. The van der Waals surface area contributed by atoms with Gasteiger partial charge in [0, 0.05) is 25.3 Å². The molecular weight excluding hydrogens is 406 g/mol. The summed E-state index contributed by atoms with van der Waals surface area (Å²) >= 11 is 5.13. The van der Waals surface area contributed by atoms with Crippen LogP contribution in [0, 0.1) is 11.3 Å². The summed E-state index contributed by atoms with van der Waals surface area (Å²) in [4.78, 5) is 13.3. The molecule has 1 heterocycles. The van der Waals surface area contributed by atoms with Crippen LogP contribution in [0.2, 0.25) is 0 Å². The molecule has 0 aliphatic carbocycles. The standard InChI is InChI=1S/C15H9BrF2N2OS2/c16-10-6-13(22-8-10)5-9(7-19)14(21)20-11-1-3-12(4-2-11)23-15(17)18/h1-6,8,15H,(H,20,21)/b9-5+. The summed E-state index contributed by atoms with van der Waals surface area (Å²) in [6.07, 6.45) is 1.49. The van der Waals surface area contributed by atoms with Gasteiger partial charge in [0.15, 0.2) is 0 Å². The van der Waals surface area contributed by atoms with Crippen molar-refractivity contribution >= 4 is 56.7 Å². The number of carbonyl (C=O) groups excluding carboxylic acids is 1. The number of alkyl halides is 2. The molecule has 2 aromatic rings. The number of hydrogen-bond acceptors (Lipinski definition) is 4. The molecular formula is C15H9BrF2N2OS2. The SMILES string of the molecule is N#C/C(=C\c1cc(Br)cs1)C(=O)Nc1ccc(SC(F)F)cc1. The third kappa shape index (κ3) is 5.46. The molecule has 0 aliphatic heterocycles. The van der Waals surface area contributed by atoms with Crippen molar-refractivity contribution in [2.75, 3.05) is 5.32 Å². The Balaban J connectivity index is 2.08. The number of amides is 1. The number of nitrogens with zero attached hydrogens (tertiary/aromatic N) is 1. The lowest BCUT2D eigenvalue weighted by Crippen LogP contribution is -2.13. The Morgan fingerprint density at radius 3 is 2.61 bits per heavy atom. The fourth-order valence-electron chi connectivity index (χ4n) is 1.61. The van der Waals surface area contributed by atoms with Gasteiger partial charge < -0.3 is 5.32 Å². The zero-order valence-corrected chi connectivity index (χ0v) is 14.6. The summed E-state index contributed by atoms with van der Waals surface area (Å²) in [6.45, 7) is 0. The molecule has 2 rings (SSSR count). The number of nitriles is 1. The van der Waals surface area contributed by atoms with E-state index in [9.17, 15) is 13.6 Å². The second kappa shape index (κ2) is 8.24. The topological polar surface area (TPSA) is 52.9 Å². The second-order valence-electron chi connectivity index (χ2n) is 4.19. The Labute approximate surface area is 148 Å². The van der Waals surface area contributed by atoms with Gasteiger partial charge in [-0.25, -0.2) is 0 Å². The number of anilines is 1. The maximum atomic E-state index is 12.2. The van der Waals surface area contributed by atoms with Crippen LogP contribution < -0.4 is 5.32 Å². The van der Waals surface area contributed by atoms with Gasteiger partial charge in [0.2, 0.25) is 0 Å². The minimum absolute atomic E-state index is 0.0367. The van der Waals surface area contributed by atoms with Crippen molar-refractivity contribution in [2.45, 2.75) is 10.7 Å². The predicted molar refractivity (Wildman–Crippen MR) is 92.5 cm³/mol. The minimum atomic E-state index is -2.49. The van der Waals surface area contributed by atoms with E-state index < -0.39 is 11.7 Å². The molecule has 23 heavy (non-hydrogen) atoms. The van der Waals surface area contributed by atoms with Gasteiger partial charge in [-0.3, -0.25) is 4.79 Å². The highest BCUT2D eigenvalue weighted by Gasteiger charge is 2.11. The minimum Gasteiger partial charge on any atom is -0.321 e. The Morgan fingerprint density at radius 1 is 1.39 bits per heavy atom. The van der Waals surface area contributed by atoms with Crippen LogP contribution in [0.3, 0.4) is 0 Å². The first-order valence-electron chi connectivity index (χ1n) is 6.20. The molecule has 0 bridgehead atoms. The molecule has 0 aliphatic rings. The summed E-state index contributed by atoms with van der Waals surface area (Å²) in [6, 6.07) is 9.65. The van der Waals surface area contributed by atoms with Crippen LogP contribution in [-0.4, -0.2) is 11.7 Å². The molecule has 1 amide bonds. The first kappa shape index (κ1) is 17.7. The molecule has 8 heteroatoms. The molecule has 1 aromatic heterocycles. The van der Waals surface area contributed by atoms with E-state index in [4.69, 9.17) is 5.26 Å². The van der Waals surface area contributed by atoms with E-state index in [1.807, 2.05) is 11.4 Å². The monoisotopic (exact) mass is 414 g/mol. The molecule has 0 saturated carbocycles. The maximum absolute atomic E-state index is 12.2. The van der Waals surface area contributed by atoms with E-state index in [1.54, 1.807) is 6.07 Å². The summed E-state index contributed by atoms with van der Waals surface area (Å²) in [7, 11) is 0. The Morgan fingerprint density at radius 2 is 2.09 bits per heavy atom. The molecule has 0 atom stereocenters. The number of thioether (sulfide) groups is 1. The summed E-state index contributed by atoms with van der Waals surface area (Å²) < 4.78 is 25.4. The largest absolute Gasteiger partial charge is 0.321 e. The molecule has 1 aromatic carbocycles. The van der Waals surface area contributed by atoms with Gasteiger partial charge in [-0.1, -0.05) is 11.8 Å². The second-order valence-corrected chi connectivity index (χ2v) is 7.12. The Hall–Kier alpha value is -1.69. The normalized spacial score (nSPS) is 11.3.